The van der Waals surface area contributed by atoms with Crippen molar-refractivity contribution in [2.45, 2.75) is 38.4 Å². The molecule has 0 saturated heterocycles. The predicted octanol–water partition coefficient (Wildman–Crippen LogP) is 1.96. The minimum absolute atomic E-state index is 0.0745. The number of H-pyrrole nitrogens is 1. The normalized spacial score (nSPS) is 13.2. The fourth-order valence-electron chi connectivity index (χ4n) is 3.12. The Hall–Kier alpha value is -2.07. The molecule has 2 aromatic heterocycles. The molecule has 1 aliphatic carbocycles. The zero-order valence-electron chi connectivity index (χ0n) is 15.8. The first-order chi connectivity index (χ1) is 13.6. The van der Waals surface area contributed by atoms with Gasteiger partial charge >= 0.3 is 6.09 Å². The molecule has 0 unspecified atom stereocenters. The lowest BCUT2D eigenvalue weighted by Gasteiger charge is -2.09. The van der Waals surface area contributed by atoms with Gasteiger partial charge in [0.05, 0.1) is 23.5 Å². The van der Waals surface area contributed by atoms with Gasteiger partial charge in [0, 0.05) is 18.0 Å². The van der Waals surface area contributed by atoms with Crippen molar-refractivity contribution >= 4 is 45.3 Å². The van der Waals surface area contributed by atoms with Crippen molar-refractivity contribution in [3.05, 3.63) is 26.6 Å². The highest BCUT2D eigenvalue weighted by atomic mass is 32.2. The Balaban J connectivity index is 1.46. The largest absolute Gasteiger partial charge is 0.450 e. The SMILES string of the molecule is CCOC(=O)NCCNC(=O)CSCc1nc2sc3c(c2c(=O)[nH]1)CCCC3. The number of nitrogens with one attached hydrogen (secondary N) is 3. The molecule has 2 heterocycles. The van der Waals surface area contributed by atoms with Gasteiger partial charge < -0.3 is 20.4 Å². The second-order valence-electron chi connectivity index (χ2n) is 6.39. The number of fused-ring (bicyclic) bond motifs is 3. The summed E-state index contributed by atoms with van der Waals surface area (Å²) in [6, 6.07) is 0. The number of amides is 2. The van der Waals surface area contributed by atoms with Crippen LogP contribution in [0.2, 0.25) is 0 Å². The Kier molecular flexibility index (Phi) is 7.32. The molecule has 0 bridgehead atoms. The maximum atomic E-state index is 12.5. The van der Waals surface area contributed by atoms with E-state index in [2.05, 4.69) is 20.6 Å². The van der Waals surface area contributed by atoms with Crippen molar-refractivity contribution in [2.24, 2.45) is 0 Å². The number of aryl methyl sites for hydroxylation is 2. The number of hydrogen-bond acceptors (Lipinski definition) is 7. The molecule has 0 saturated carbocycles. The summed E-state index contributed by atoms with van der Waals surface area (Å²) < 4.78 is 4.73. The van der Waals surface area contributed by atoms with Gasteiger partial charge in [-0.25, -0.2) is 9.78 Å². The van der Waals surface area contributed by atoms with Gasteiger partial charge in [0.15, 0.2) is 0 Å². The number of carbonyl (C=O) groups is 2. The van der Waals surface area contributed by atoms with Gasteiger partial charge in [-0.1, -0.05) is 0 Å². The smallest absolute Gasteiger partial charge is 0.407 e. The topological polar surface area (TPSA) is 113 Å². The minimum atomic E-state index is -0.494. The number of hydrogen-bond donors (Lipinski definition) is 3. The number of aromatic nitrogens is 2. The number of aromatic amines is 1. The van der Waals surface area contributed by atoms with Crippen LogP contribution in [0.5, 0.6) is 0 Å². The highest BCUT2D eigenvalue weighted by Gasteiger charge is 2.19. The van der Waals surface area contributed by atoms with E-state index in [0.717, 1.165) is 29.5 Å². The number of thioether (sulfide) groups is 1. The zero-order valence-corrected chi connectivity index (χ0v) is 17.4. The number of ether oxygens (including phenoxy) is 1. The van der Waals surface area contributed by atoms with E-state index in [1.54, 1.807) is 18.3 Å². The van der Waals surface area contributed by atoms with E-state index in [9.17, 15) is 14.4 Å². The molecule has 2 aromatic rings. The number of nitrogens with zero attached hydrogens (tertiary/aromatic N) is 1. The van der Waals surface area contributed by atoms with Gasteiger partial charge in [0.2, 0.25) is 5.91 Å². The van der Waals surface area contributed by atoms with Crippen LogP contribution in [0.15, 0.2) is 4.79 Å². The second kappa shape index (κ2) is 9.92. The predicted molar refractivity (Wildman–Crippen MR) is 111 cm³/mol. The minimum Gasteiger partial charge on any atom is -0.450 e. The lowest BCUT2D eigenvalue weighted by molar-refractivity contribution is -0.118. The van der Waals surface area contributed by atoms with Crippen molar-refractivity contribution < 1.29 is 14.3 Å². The molecule has 0 fully saturated rings. The molecule has 0 spiro atoms. The van der Waals surface area contributed by atoms with Gasteiger partial charge in [-0.05, 0) is 38.2 Å². The molecule has 0 radical (unpaired) electrons. The highest BCUT2D eigenvalue weighted by Crippen LogP contribution is 2.33. The van der Waals surface area contributed by atoms with Crippen molar-refractivity contribution in [1.82, 2.24) is 20.6 Å². The second-order valence-corrected chi connectivity index (χ2v) is 8.46. The van der Waals surface area contributed by atoms with Gasteiger partial charge in [-0.15, -0.1) is 23.1 Å². The Morgan fingerprint density at radius 1 is 1.25 bits per heavy atom. The molecule has 3 rings (SSSR count). The number of alkyl carbamates (subject to hydrolysis) is 1. The van der Waals surface area contributed by atoms with Crippen LogP contribution in [-0.4, -0.2) is 47.4 Å². The standard InChI is InChI=1S/C18H24N4O4S2/c1-2-26-18(25)20-8-7-19-14(23)10-27-9-13-21-16(24)15-11-5-3-4-6-12(11)28-17(15)22-13/h2-10H2,1H3,(H,19,23)(H,20,25)(H,21,22,24). The molecule has 1 aliphatic rings. The van der Waals surface area contributed by atoms with E-state index in [0.29, 0.717) is 31.3 Å². The average molecular weight is 425 g/mol. The molecule has 0 aromatic carbocycles. The summed E-state index contributed by atoms with van der Waals surface area (Å²) in [6.07, 6.45) is 3.79. The van der Waals surface area contributed by atoms with Crippen LogP contribution in [0.1, 0.15) is 36.0 Å². The molecule has 152 valence electrons. The Bertz CT molecular complexity index is 909. The molecular formula is C18H24N4O4S2. The van der Waals surface area contributed by atoms with E-state index in [1.165, 1.54) is 28.6 Å². The van der Waals surface area contributed by atoms with Crippen LogP contribution in [0, 0.1) is 0 Å². The van der Waals surface area contributed by atoms with Crippen LogP contribution in [-0.2, 0) is 28.1 Å². The third-order valence-electron chi connectivity index (χ3n) is 4.34. The average Bonchev–Trinajstić information content (AvgIpc) is 3.04. The molecule has 2 amide bonds. The van der Waals surface area contributed by atoms with Crippen molar-refractivity contribution in [3.8, 4) is 0 Å². The van der Waals surface area contributed by atoms with Crippen LogP contribution in [0.4, 0.5) is 4.79 Å². The van der Waals surface area contributed by atoms with Crippen molar-refractivity contribution in [3.63, 3.8) is 0 Å². The number of rotatable bonds is 8. The summed E-state index contributed by atoms with van der Waals surface area (Å²) in [6.45, 7) is 2.68. The van der Waals surface area contributed by atoms with Crippen LogP contribution >= 0.6 is 23.1 Å². The Morgan fingerprint density at radius 2 is 2.04 bits per heavy atom. The van der Waals surface area contributed by atoms with Crippen LogP contribution < -0.4 is 16.2 Å². The lowest BCUT2D eigenvalue weighted by Crippen LogP contribution is -2.35. The number of thiophene rings is 1. The van der Waals surface area contributed by atoms with E-state index >= 15 is 0 Å². The molecule has 0 aliphatic heterocycles. The zero-order chi connectivity index (χ0) is 19.9. The first-order valence-corrected chi connectivity index (χ1v) is 11.3. The van der Waals surface area contributed by atoms with E-state index in [1.807, 2.05) is 0 Å². The lowest BCUT2D eigenvalue weighted by atomic mass is 9.97. The van der Waals surface area contributed by atoms with Crippen molar-refractivity contribution in [1.29, 1.82) is 0 Å². The third-order valence-corrected chi connectivity index (χ3v) is 6.47. The maximum Gasteiger partial charge on any atom is 0.407 e. The molecule has 28 heavy (non-hydrogen) atoms. The van der Waals surface area contributed by atoms with Crippen molar-refractivity contribution in [2.75, 3.05) is 25.4 Å². The first kappa shape index (κ1) is 20.7. The van der Waals surface area contributed by atoms with Crippen LogP contribution in [0.25, 0.3) is 10.2 Å². The van der Waals surface area contributed by atoms with E-state index in [-0.39, 0.29) is 17.2 Å². The van der Waals surface area contributed by atoms with Gasteiger partial charge in [-0.2, -0.15) is 0 Å². The first-order valence-electron chi connectivity index (χ1n) is 9.37. The summed E-state index contributed by atoms with van der Waals surface area (Å²) in [5.74, 6) is 1.17. The fourth-order valence-corrected chi connectivity index (χ4v) is 5.12. The molecular weight excluding hydrogens is 400 g/mol. The summed E-state index contributed by atoms with van der Waals surface area (Å²) in [5.41, 5.74) is 1.10. The quantitative estimate of drug-likeness (QED) is 0.558. The maximum absolute atomic E-state index is 12.5. The number of carbonyl (C=O) groups excluding carboxylic acids is 2. The van der Waals surface area contributed by atoms with Gasteiger partial charge in [0.1, 0.15) is 10.7 Å². The van der Waals surface area contributed by atoms with Crippen LogP contribution in [0.3, 0.4) is 0 Å². The molecule has 0 atom stereocenters. The highest BCUT2D eigenvalue weighted by molar-refractivity contribution is 7.99. The monoisotopic (exact) mass is 424 g/mol. The van der Waals surface area contributed by atoms with E-state index in [4.69, 9.17) is 4.74 Å². The summed E-state index contributed by atoms with van der Waals surface area (Å²) >= 11 is 3.01. The van der Waals surface area contributed by atoms with Gasteiger partial charge in [0.25, 0.3) is 5.56 Å². The summed E-state index contributed by atoms with van der Waals surface area (Å²) in [7, 11) is 0. The fraction of sp³-hybridized carbons (Fsp3) is 0.556. The third kappa shape index (κ3) is 5.26. The molecule has 8 nitrogen and oxygen atoms in total. The van der Waals surface area contributed by atoms with E-state index < -0.39 is 6.09 Å². The van der Waals surface area contributed by atoms with Gasteiger partial charge in [-0.3, -0.25) is 9.59 Å². The summed E-state index contributed by atoms with van der Waals surface area (Å²) in [5, 5.41) is 6.00. The Morgan fingerprint density at radius 3 is 2.86 bits per heavy atom. The molecule has 3 N–H and O–H groups in total. The Labute approximate surface area is 170 Å². The summed E-state index contributed by atoms with van der Waals surface area (Å²) in [4.78, 5) is 45.0. The molecule has 10 heteroatoms.